The molecule has 4 amide bonds. The highest BCUT2D eigenvalue weighted by atomic mass is 32.2. The van der Waals surface area contributed by atoms with Crippen LogP contribution < -0.4 is 10.6 Å². The Hall–Kier alpha value is -6.09. The third-order valence-electron chi connectivity index (χ3n) is 9.60. The van der Waals surface area contributed by atoms with Gasteiger partial charge in [0, 0.05) is 30.8 Å². The Balaban J connectivity index is 1.21. The summed E-state index contributed by atoms with van der Waals surface area (Å²) in [6, 6.07) is 24.0. The fraction of sp³-hybridized carbons (Fsp3) is 0.378. The smallest absolute Gasteiger partial charge is 0.408 e. The number of β-lactam (4-membered cyclic amide) rings is 1. The standard InChI is InChI=1S/C45H50N4O10S/c1-44(2,3)58-35(51)22-21-34(50)46-33-19-17-28(18-20-33)26-48-24-23-31(39(48)52)25-32-27-60(56)41-36(47-43(55)59-45(4,5)6)40(53)49(41)37(32)42(54)57-38(29-13-9-7-10-14-29)30-15-11-8-12-16-30/h7-20,25,36,38,41H,21-24,26-27H2,1-6H3,(H,46,50)(H,47,55)/b31-25+. The van der Waals surface area contributed by atoms with E-state index in [1.807, 2.05) is 60.7 Å². The molecule has 60 heavy (non-hydrogen) atoms. The summed E-state index contributed by atoms with van der Waals surface area (Å²) in [5.41, 5.74) is 1.62. The average molecular weight is 839 g/mol. The second kappa shape index (κ2) is 18.0. The van der Waals surface area contributed by atoms with Gasteiger partial charge in [0.2, 0.25) is 11.8 Å². The monoisotopic (exact) mass is 838 g/mol. The highest BCUT2D eigenvalue weighted by Gasteiger charge is 2.58. The minimum absolute atomic E-state index is 0.0335. The van der Waals surface area contributed by atoms with Crippen molar-refractivity contribution in [1.29, 1.82) is 0 Å². The maximum absolute atomic E-state index is 14.4. The number of esters is 2. The molecule has 2 saturated heterocycles. The van der Waals surface area contributed by atoms with E-state index in [1.165, 1.54) is 6.08 Å². The van der Waals surface area contributed by atoms with Gasteiger partial charge in [-0.25, -0.2) is 9.59 Å². The van der Waals surface area contributed by atoms with Crippen molar-refractivity contribution in [2.75, 3.05) is 17.6 Å². The Kier molecular flexibility index (Phi) is 13.1. The number of alkyl carbamates (subject to hydrolysis) is 1. The summed E-state index contributed by atoms with van der Waals surface area (Å²) < 4.78 is 30.7. The number of carbonyl (C=O) groups excluding carboxylic acids is 6. The molecule has 0 aliphatic carbocycles. The number of fused-ring (bicyclic) bond motifs is 1. The molecule has 15 heteroatoms. The average Bonchev–Trinajstić information content (AvgIpc) is 3.52. The van der Waals surface area contributed by atoms with Gasteiger partial charge in [-0.2, -0.15) is 0 Å². The number of rotatable bonds is 12. The first-order chi connectivity index (χ1) is 28.4. The van der Waals surface area contributed by atoms with Gasteiger partial charge in [0.25, 0.3) is 5.91 Å². The van der Waals surface area contributed by atoms with Crippen LogP contribution in [0.3, 0.4) is 0 Å². The summed E-state index contributed by atoms with van der Waals surface area (Å²) in [7, 11) is -1.79. The lowest BCUT2D eigenvalue weighted by Gasteiger charge is -2.49. The lowest BCUT2D eigenvalue weighted by Crippen LogP contribution is -2.73. The number of amides is 4. The van der Waals surface area contributed by atoms with Crippen molar-refractivity contribution >= 4 is 52.2 Å². The molecule has 3 aromatic rings. The van der Waals surface area contributed by atoms with Gasteiger partial charge >= 0.3 is 18.0 Å². The Morgan fingerprint density at radius 1 is 0.833 bits per heavy atom. The summed E-state index contributed by atoms with van der Waals surface area (Å²) in [4.78, 5) is 82.0. The molecule has 0 saturated carbocycles. The summed E-state index contributed by atoms with van der Waals surface area (Å²) in [5.74, 6) is -2.80. The second-order valence-electron chi connectivity index (χ2n) is 16.7. The van der Waals surface area contributed by atoms with E-state index in [1.54, 1.807) is 70.7 Å². The van der Waals surface area contributed by atoms with E-state index in [2.05, 4.69) is 10.6 Å². The normalized spacial score (nSPS) is 19.8. The van der Waals surface area contributed by atoms with E-state index in [0.29, 0.717) is 35.4 Å². The van der Waals surface area contributed by atoms with Gasteiger partial charge in [-0.15, -0.1) is 0 Å². The number of hydrogen-bond acceptors (Lipinski definition) is 10. The van der Waals surface area contributed by atoms with Gasteiger partial charge in [0.1, 0.15) is 28.3 Å². The molecule has 3 aliphatic rings. The molecular weight excluding hydrogens is 789 g/mol. The predicted octanol–water partition coefficient (Wildman–Crippen LogP) is 5.82. The maximum atomic E-state index is 14.4. The van der Waals surface area contributed by atoms with Crippen LogP contribution in [0.25, 0.3) is 0 Å². The number of anilines is 1. The van der Waals surface area contributed by atoms with Crippen LogP contribution in [0.15, 0.2) is 108 Å². The zero-order valence-electron chi connectivity index (χ0n) is 34.5. The molecule has 0 radical (unpaired) electrons. The topological polar surface area (TPSA) is 178 Å². The fourth-order valence-corrected chi connectivity index (χ4v) is 8.62. The quantitative estimate of drug-likeness (QED) is 0.0979. The van der Waals surface area contributed by atoms with Gasteiger partial charge in [0.05, 0.1) is 23.0 Å². The van der Waals surface area contributed by atoms with Crippen LogP contribution in [-0.4, -0.2) is 84.7 Å². The SMILES string of the molecule is CC(C)(C)OC(=O)CCC(=O)Nc1ccc(CN2CC/C(=C\C3=C(C(=O)OC(c4ccccc4)c4ccccc4)N4C(=O)C(NC(=O)OC(C)(C)C)C4S(=O)C3)C2=O)cc1. The number of nitrogens with one attached hydrogen (secondary N) is 2. The Bertz CT molecular complexity index is 2190. The van der Waals surface area contributed by atoms with E-state index in [0.717, 1.165) is 10.5 Å². The molecule has 2 N–H and O–H groups in total. The van der Waals surface area contributed by atoms with Gasteiger partial charge in [-0.3, -0.25) is 28.3 Å². The molecule has 0 spiro atoms. The van der Waals surface area contributed by atoms with Crippen LogP contribution in [0, 0.1) is 0 Å². The molecule has 3 heterocycles. The highest BCUT2D eigenvalue weighted by molar-refractivity contribution is 7.86. The van der Waals surface area contributed by atoms with Crippen molar-refractivity contribution < 1.29 is 47.2 Å². The van der Waals surface area contributed by atoms with Crippen LogP contribution in [-0.2, 0) is 55.5 Å². The molecule has 316 valence electrons. The summed E-state index contributed by atoms with van der Waals surface area (Å²) in [5, 5.41) is 4.21. The van der Waals surface area contributed by atoms with Crippen molar-refractivity contribution in [2.45, 2.75) is 96.1 Å². The number of allylic oxidation sites excluding steroid dienone is 1. The third-order valence-corrected chi connectivity index (χ3v) is 11.2. The van der Waals surface area contributed by atoms with Crippen LogP contribution in [0.1, 0.15) is 83.6 Å². The lowest BCUT2D eigenvalue weighted by molar-refractivity contribution is -0.155. The largest absolute Gasteiger partial charge is 0.460 e. The number of carbonyl (C=O) groups is 6. The summed E-state index contributed by atoms with van der Waals surface area (Å²) >= 11 is 0. The van der Waals surface area contributed by atoms with E-state index in [9.17, 15) is 33.0 Å². The van der Waals surface area contributed by atoms with E-state index in [4.69, 9.17) is 14.2 Å². The van der Waals surface area contributed by atoms with Gasteiger partial charge < -0.3 is 29.7 Å². The maximum Gasteiger partial charge on any atom is 0.408 e. The first-order valence-corrected chi connectivity index (χ1v) is 21.1. The fourth-order valence-electron chi connectivity index (χ4n) is 6.99. The first kappa shape index (κ1) is 43.5. The Labute approximate surface area is 351 Å². The van der Waals surface area contributed by atoms with Crippen molar-refractivity contribution in [3.63, 3.8) is 0 Å². The van der Waals surface area contributed by atoms with Gasteiger partial charge in [-0.1, -0.05) is 72.8 Å². The zero-order chi connectivity index (χ0) is 43.4. The van der Waals surface area contributed by atoms with Crippen LogP contribution in [0.2, 0.25) is 0 Å². The Morgan fingerprint density at radius 2 is 1.43 bits per heavy atom. The van der Waals surface area contributed by atoms with E-state index >= 15 is 0 Å². The Morgan fingerprint density at radius 3 is 2.02 bits per heavy atom. The number of nitrogens with zero attached hydrogens (tertiary/aromatic N) is 2. The van der Waals surface area contributed by atoms with Crippen LogP contribution in [0.4, 0.5) is 10.5 Å². The van der Waals surface area contributed by atoms with E-state index in [-0.39, 0.29) is 48.2 Å². The minimum Gasteiger partial charge on any atom is -0.460 e. The predicted molar refractivity (Wildman–Crippen MR) is 223 cm³/mol. The number of ether oxygens (including phenoxy) is 3. The van der Waals surface area contributed by atoms with Crippen molar-refractivity contribution in [1.82, 2.24) is 15.1 Å². The van der Waals surface area contributed by atoms with Crippen molar-refractivity contribution in [3.8, 4) is 0 Å². The number of likely N-dealkylation sites (tertiary alicyclic amines) is 1. The molecule has 3 atom stereocenters. The molecule has 6 rings (SSSR count). The molecule has 14 nitrogen and oxygen atoms in total. The molecule has 3 aromatic carbocycles. The second-order valence-corrected chi connectivity index (χ2v) is 18.2. The number of hydrogen-bond donors (Lipinski definition) is 2. The highest BCUT2D eigenvalue weighted by Crippen LogP contribution is 2.38. The molecule has 3 aliphatic heterocycles. The molecular formula is C45H50N4O10S. The number of benzene rings is 3. The molecule has 0 aromatic heterocycles. The summed E-state index contributed by atoms with van der Waals surface area (Å²) in [6.07, 6.45) is 0.0450. The molecule has 0 bridgehead atoms. The van der Waals surface area contributed by atoms with Gasteiger partial charge in [-0.05, 0) is 88.4 Å². The molecule has 3 unspecified atom stereocenters. The van der Waals surface area contributed by atoms with E-state index < -0.39 is 63.5 Å². The summed E-state index contributed by atoms with van der Waals surface area (Å²) in [6.45, 7) is 10.9. The van der Waals surface area contributed by atoms with Crippen molar-refractivity contribution in [3.05, 3.63) is 125 Å². The first-order valence-electron chi connectivity index (χ1n) is 19.7. The third kappa shape index (κ3) is 10.7. The van der Waals surface area contributed by atoms with Crippen LogP contribution in [0.5, 0.6) is 0 Å². The molecule has 2 fully saturated rings. The minimum atomic E-state index is -1.79. The van der Waals surface area contributed by atoms with Gasteiger partial charge in [0.15, 0.2) is 6.10 Å². The van der Waals surface area contributed by atoms with Crippen molar-refractivity contribution in [2.24, 2.45) is 0 Å². The zero-order valence-corrected chi connectivity index (χ0v) is 35.3. The lowest BCUT2D eigenvalue weighted by atomic mass is 10.00. The van der Waals surface area contributed by atoms with Crippen LogP contribution >= 0.6 is 0 Å².